The number of amides is 1. The van der Waals surface area contributed by atoms with Crippen LogP contribution in [0.3, 0.4) is 0 Å². The Bertz CT molecular complexity index is 493. The van der Waals surface area contributed by atoms with Gasteiger partial charge in [-0.15, -0.1) is 0 Å². The Morgan fingerprint density at radius 2 is 2.20 bits per heavy atom. The lowest BCUT2D eigenvalue weighted by molar-refractivity contribution is 0.0658. The molecule has 2 aliphatic rings. The predicted octanol–water partition coefficient (Wildman–Crippen LogP) is 2.79. The summed E-state index contributed by atoms with van der Waals surface area (Å²) >= 11 is 3.50. The molecule has 1 aromatic rings. The molecule has 1 unspecified atom stereocenters. The first-order valence-electron chi connectivity index (χ1n) is 7.55. The molecule has 1 saturated heterocycles. The van der Waals surface area contributed by atoms with E-state index >= 15 is 0 Å². The molecule has 1 atom stereocenters. The maximum atomic E-state index is 12.8. The first kappa shape index (κ1) is 14.1. The van der Waals surface area contributed by atoms with Crippen molar-refractivity contribution in [2.45, 2.75) is 38.1 Å². The second kappa shape index (κ2) is 5.90. The minimum atomic E-state index is 0.185. The van der Waals surface area contributed by atoms with Crippen LogP contribution < -0.4 is 5.73 Å². The molecule has 2 heterocycles. The van der Waals surface area contributed by atoms with Crippen LogP contribution in [0.2, 0.25) is 0 Å². The van der Waals surface area contributed by atoms with Gasteiger partial charge < -0.3 is 15.2 Å². The third-order valence-electron chi connectivity index (χ3n) is 4.36. The topological polar surface area (TPSA) is 51.3 Å². The molecule has 110 valence electrons. The lowest BCUT2D eigenvalue weighted by Gasteiger charge is -2.32. The number of hydrogen-bond acceptors (Lipinski definition) is 2. The lowest BCUT2D eigenvalue weighted by Crippen LogP contribution is -2.41. The van der Waals surface area contributed by atoms with Crippen molar-refractivity contribution in [3.05, 3.63) is 22.4 Å². The summed E-state index contributed by atoms with van der Waals surface area (Å²) in [6, 6.07) is 2.50. The van der Waals surface area contributed by atoms with E-state index in [1.165, 1.54) is 19.3 Å². The van der Waals surface area contributed by atoms with E-state index in [0.717, 1.165) is 42.6 Å². The second-order valence-electron chi connectivity index (χ2n) is 6.02. The quantitative estimate of drug-likeness (QED) is 0.916. The summed E-state index contributed by atoms with van der Waals surface area (Å²) in [7, 11) is 0. The second-order valence-corrected chi connectivity index (χ2v) is 6.93. The molecule has 3 rings (SSSR count). The third kappa shape index (κ3) is 2.93. The summed E-state index contributed by atoms with van der Waals surface area (Å²) in [5.74, 6) is 0.759. The number of likely N-dealkylation sites (tertiary alicyclic amines) is 1. The zero-order valence-corrected chi connectivity index (χ0v) is 13.3. The van der Waals surface area contributed by atoms with Crippen molar-refractivity contribution in [2.24, 2.45) is 11.7 Å². The van der Waals surface area contributed by atoms with Crippen LogP contribution in [-0.2, 0) is 0 Å². The number of rotatable bonds is 4. The molecular formula is C15H22BrN3O. The standard InChI is InChI=1S/C15H22BrN3O/c16-12-8-14(19(10-12)13-3-4-13)15(20)18-7-1-2-11(9-18)5-6-17/h8,10-11,13H,1-7,9,17H2. The minimum Gasteiger partial charge on any atom is -0.339 e. The van der Waals surface area contributed by atoms with E-state index in [2.05, 4.69) is 20.5 Å². The highest BCUT2D eigenvalue weighted by atomic mass is 79.9. The van der Waals surface area contributed by atoms with E-state index in [4.69, 9.17) is 5.73 Å². The van der Waals surface area contributed by atoms with E-state index in [1.807, 2.05) is 17.2 Å². The zero-order chi connectivity index (χ0) is 14.1. The number of halogens is 1. The van der Waals surface area contributed by atoms with Crippen LogP contribution in [0.15, 0.2) is 16.7 Å². The Labute approximate surface area is 128 Å². The zero-order valence-electron chi connectivity index (χ0n) is 11.7. The van der Waals surface area contributed by atoms with Crippen LogP contribution in [0, 0.1) is 5.92 Å². The van der Waals surface area contributed by atoms with Crippen LogP contribution in [-0.4, -0.2) is 35.0 Å². The van der Waals surface area contributed by atoms with Crippen molar-refractivity contribution in [1.29, 1.82) is 0 Å². The Hall–Kier alpha value is -0.810. The Morgan fingerprint density at radius 1 is 1.40 bits per heavy atom. The van der Waals surface area contributed by atoms with Gasteiger partial charge in [0.15, 0.2) is 0 Å². The van der Waals surface area contributed by atoms with E-state index in [-0.39, 0.29) is 5.91 Å². The van der Waals surface area contributed by atoms with Gasteiger partial charge in [-0.05, 0) is 66.6 Å². The fourth-order valence-corrected chi connectivity index (χ4v) is 3.59. The molecule has 4 nitrogen and oxygen atoms in total. The largest absolute Gasteiger partial charge is 0.339 e. The molecule has 1 amide bonds. The minimum absolute atomic E-state index is 0.185. The third-order valence-corrected chi connectivity index (χ3v) is 4.79. The van der Waals surface area contributed by atoms with Crippen LogP contribution in [0.4, 0.5) is 0 Å². The molecular weight excluding hydrogens is 318 g/mol. The van der Waals surface area contributed by atoms with Gasteiger partial charge in [0, 0.05) is 29.8 Å². The molecule has 20 heavy (non-hydrogen) atoms. The average Bonchev–Trinajstić information content (AvgIpc) is 3.21. The smallest absolute Gasteiger partial charge is 0.270 e. The van der Waals surface area contributed by atoms with Gasteiger partial charge in [0.2, 0.25) is 0 Å². The number of nitrogens with zero attached hydrogens (tertiary/aromatic N) is 2. The van der Waals surface area contributed by atoms with Crippen molar-refractivity contribution in [1.82, 2.24) is 9.47 Å². The normalized spacial score (nSPS) is 23.1. The van der Waals surface area contributed by atoms with E-state index in [1.54, 1.807) is 0 Å². The number of nitrogens with two attached hydrogens (primary N) is 1. The van der Waals surface area contributed by atoms with Crippen molar-refractivity contribution in [2.75, 3.05) is 19.6 Å². The molecule has 1 saturated carbocycles. The van der Waals surface area contributed by atoms with Gasteiger partial charge in [0.05, 0.1) is 0 Å². The van der Waals surface area contributed by atoms with E-state index < -0.39 is 0 Å². The molecule has 5 heteroatoms. The molecule has 0 aromatic carbocycles. The number of hydrogen-bond donors (Lipinski definition) is 1. The van der Waals surface area contributed by atoms with Gasteiger partial charge in [0.1, 0.15) is 5.69 Å². The molecule has 1 aliphatic carbocycles. The molecule has 0 bridgehead atoms. The predicted molar refractivity (Wildman–Crippen MR) is 82.7 cm³/mol. The first-order chi connectivity index (χ1) is 9.69. The van der Waals surface area contributed by atoms with Gasteiger partial charge in [-0.1, -0.05) is 0 Å². The van der Waals surface area contributed by atoms with Gasteiger partial charge in [0.25, 0.3) is 5.91 Å². The van der Waals surface area contributed by atoms with Crippen LogP contribution >= 0.6 is 15.9 Å². The molecule has 2 N–H and O–H groups in total. The molecule has 1 aromatic heterocycles. The van der Waals surface area contributed by atoms with Crippen molar-refractivity contribution >= 4 is 21.8 Å². The van der Waals surface area contributed by atoms with Crippen LogP contribution in [0.25, 0.3) is 0 Å². The Morgan fingerprint density at radius 3 is 2.90 bits per heavy atom. The summed E-state index contributed by atoms with van der Waals surface area (Å²) in [5.41, 5.74) is 6.49. The first-order valence-corrected chi connectivity index (χ1v) is 8.35. The highest BCUT2D eigenvalue weighted by Gasteiger charge is 2.31. The van der Waals surface area contributed by atoms with Gasteiger partial charge in [-0.3, -0.25) is 4.79 Å². The number of piperidine rings is 1. The summed E-state index contributed by atoms with van der Waals surface area (Å²) < 4.78 is 3.15. The highest BCUT2D eigenvalue weighted by molar-refractivity contribution is 9.10. The maximum Gasteiger partial charge on any atom is 0.270 e. The average molecular weight is 340 g/mol. The molecule has 2 fully saturated rings. The van der Waals surface area contributed by atoms with Crippen LogP contribution in [0.5, 0.6) is 0 Å². The summed E-state index contributed by atoms with van der Waals surface area (Å²) in [5, 5.41) is 0. The summed E-state index contributed by atoms with van der Waals surface area (Å²) in [6.45, 7) is 2.47. The fourth-order valence-electron chi connectivity index (χ4n) is 3.15. The molecule has 0 spiro atoms. The van der Waals surface area contributed by atoms with Crippen molar-refractivity contribution in [3.8, 4) is 0 Å². The molecule has 0 radical (unpaired) electrons. The summed E-state index contributed by atoms with van der Waals surface area (Å²) in [4.78, 5) is 14.8. The fraction of sp³-hybridized carbons (Fsp3) is 0.667. The van der Waals surface area contributed by atoms with Crippen LogP contribution in [0.1, 0.15) is 48.6 Å². The number of carbonyl (C=O) groups is 1. The Kier molecular flexibility index (Phi) is 4.17. The van der Waals surface area contributed by atoms with E-state index in [0.29, 0.717) is 12.0 Å². The van der Waals surface area contributed by atoms with Crippen molar-refractivity contribution < 1.29 is 4.79 Å². The van der Waals surface area contributed by atoms with Crippen molar-refractivity contribution in [3.63, 3.8) is 0 Å². The van der Waals surface area contributed by atoms with Gasteiger partial charge >= 0.3 is 0 Å². The monoisotopic (exact) mass is 339 g/mol. The molecule has 1 aliphatic heterocycles. The van der Waals surface area contributed by atoms with E-state index in [9.17, 15) is 4.79 Å². The number of carbonyl (C=O) groups excluding carboxylic acids is 1. The Balaban J connectivity index is 1.74. The SMILES string of the molecule is NCCC1CCCN(C(=O)c2cc(Br)cn2C2CC2)C1. The lowest BCUT2D eigenvalue weighted by atomic mass is 9.94. The van der Waals surface area contributed by atoms with Gasteiger partial charge in [-0.25, -0.2) is 0 Å². The van der Waals surface area contributed by atoms with Gasteiger partial charge in [-0.2, -0.15) is 0 Å². The summed E-state index contributed by atoms with van der Waals surface area (Å²) in [6.07, 6.45) is 7.76. The highest BCUT2D eigenvalue weighted by Crippen LogP contribution is 2.38. The number of aromatic nitrogens is 1. The maximum absolute atomic E-state index is 12.8.